The van der Waals surface area contributed by atoms with E-state index in [0.29, 0.717) is 0 Å². The lowest BCUT2D eigenvalue weighted by Crippen LogP contribution is -2.26. The summed E-state index contributed by atoms with van der Waals surface area (Å²) in [6, 6.07) is 8.82. The second kappa shape index (κ2) is 5.74. The van der Waals surface area contributed by atoms with Gasteiger partial charge in [0.15, 0.2) is 6.10 Å². The molecule has 0 amide bonds. The number of carbonyl (C=O) groups is 1. The lowest BCUT2D eigenvalue weighted by molar-refractivity contribution is -0.145. The lowest BCUT2D eigenvalue weighted by atomic mass is 10.1. The Morgan fingerprint density at radius 1 is 1.35 bits per heavy atom. The molecule has 0 aliphatic rings. The number of aliphatic carboxylic acids is 1. The maximum atomic E-state index is 12.2. The van der Waals surface area contributed by atoms with Gasteiger partial charge in [-0.2, -0.15) is 8.42 Å². The molecule has 1 atom stereocenters. The van der Waals surface area contributed by atoms with Crippen LogP contribution in [-0.2, 0) is 25.9 Å². The number of aryl methyl sites for hydroxylation is 1. The number of carboxylic acids is 1. The maximum absolute atomic E-state index is 12.2. The summed E-state index contributed by atoms with van der Waals surface area (Å²) in [5.41, 5.74) is 0.818. The van der Waals surface area contributed by atoms with Crippen molar-refractivity contribution in [1.82, 2.24) is 0 Å². The van der Waals surface area contributed by atoms with Crippen LogP contribution in [0.15, 0.2) is 30.3 Å². The number of benzene rings is 1. The van der Waals surface area contributed by atoms with Crippen molar-refractivity contribution in [2.75, 3.05) is 0 Å². The van der Waals surface area contributed by atoms with Crippen LogP contribution in [0.5, 0.6) is 0 Å². The average molecular weight is 262 g/mol. The Bertz CT molecular complexity index is 471. The fourth-order valence-electron chi connectivity index (χ4n) is 1.29. The highest BCUT2D eigenvalue weighted by molar-refractivity contribution is 7.81. The molecule has 0 saturated carbocycles. The van der Waals surface area contributed by atoms with Gasteiger partial charge in [-0.25, -0.2) is 8.98 Å². The zero-order chi connectivity index (χ0) is 12.9. The zero-order valence-electron chi connectivity index (χ0n) is 8.74. The molecule has 0 spiro atoms. The first kappa shape index (κ1) is 13.6. The first-order valence-electron chi connectivity index (χ1n) is 4.78. The number of rotatable bonds is 6. The van der Waals surface area contributed by atoms with Crippen molar-refractivity contribution in [3.63, 3.8) is 0 Å². The molecule has 0 aromatic heterocycles. The number of hydrogen-bond donors (Lipinski definition) is 1. The van der Waals surface area contributed by atoms with Crippen molar-refractivity contribution < 1.29 is 26.4 Å². The molecule has 1 aromatic carbocycles. The quantitative estimate of drug-likeness (QED) is 0.781. The van der Waals surface area contributed by atoms with Gasteiger partial charge in [-0.3, -0.25) is 0 Å². The van der Waals surface area contributed by atoms with E-state index in [2.05, 4.69) is 4.18 Å². The molecule has 0 saturated heterocycles. The van der Waals surface area contributed by atoms with Crippen LogP contribution in [0.2, 0.25) is 0 Å². The van der Waals surface area contributed by atoms with E-state index in [-0.39, 0.29) is 12.8 Å². The highest BCUT2D eigenvalue weighted by Crippen LogP contribution is 2.11. The number of halogens is 1. The summed E-state index contributed by atoms with van der Waals surface area (Å²) in [4.78, 5) is 10.6. The summed E-state index contributed by atoms with van der Waals surface area (Å²) in [7, 11) is -5.25. The van der Waals surface area contributed by atoms with Gasteiger partial charge in [0, 0.05) is 0 Å². The van der Waals surface area contributed by atoms with E-state index < -0.39 is 22.6 Å². The van der Waals surface area contributed by atoms with Gasteiger partial charge < -0.3 is 5.11 Å². The summed E-state index contributed by atoms with van der Waals surface area (Å²) < 4.78 is 36.4. The summed E-state index contributed by atoms with van der Waals surface area (Å²) in [5.74, 6) is -1.51. The highest BCUT2D eigenvalue weighted by Gasteiger charge is 2.25. The van der Waals surface area contributed by atoms with Crippen LogP contribution in [0, 0.1) is 0 Å². The van der Waals surface area contributed by atoms with Crippen LogP contribution >= 0.6 is 0 Å². The average Bonchev–Trinajstić information content (AvgIpc) is 2.24. The summed E-state index contributed by atoms with van der Waals surface area (Å²) in [6.07, 6.45) is -1.54. The monoisotopic (exact) mass is 262 g/mol. The third-order valence-electron chi connectivity index (χ3n) is 2.04. The molecular weight excluding hydrogens is 251 g/mol. The van der Waals surface area contributed by atoms with Gasteiger partial charge in [0.05, 0.1) is 0 Å². The molecule has 0 fully saturated rings. The SMILES string of the molecule is O=C(O)C(CCc1ccccc1)OS(=O)(=O)F. The molecule has 5 nitrogen and oxygen atoms in total. The summed E-state index contributed by atoms with van der Waals surface area (Å²) in [6.45, 7) is 0. The standard InChI is InChI=1S/C10H11FO5S/c11-17(14,15)16-9(10(12)13)7-6-8-4-2-1-3-5-8/h1-5,9H,6-7H2,(H,12,13). The van der Waals surface area contributed by atoms with Crippen molar-refractivity contribution in [2.24, 2.45) is 0 Å². The molecule has 1 unspecified atom stereocenters. The zero-order valence-corrected chi connectivity index (χ0v) is 9.56. The van der Waals surface area contributed by atoms with Crippen LogP contribution in [0.3, 0.4) is 0 Å². The van der Waals surface area contributed by atoms with E-state index in [9.17, 15) is 17.1 Å². The fourth-order valence-corrected chi connectivity index (χ4v) is 1.75. The van der Waals surface area contributed by atoms with Crippen LogP contribution in [0.1, 0.15) is 12.0 Å². The minimum atomic E-state index is -5.25. The largest absolute Gasteiger partial charge is 0.479 e. The van der Waals surface area contributed by atoms with Gasteiger partial charge in [-0.1, -0.05) is 34.2 Å². The molecule has 0 bridgehead atoms. The van der Waals surface area contributed by atoms with E-state index in [0.717, 1.165) is 5.56 Å². The minimum Gasteiger partial charge on any atom is -0.479 e. The predicted molar refractivity (Wildman–Crippen MR) is 57.3 cm³/mol. The van der Waals surface area contributed by atoms with Gasteiger partial charge in [-0.05, 0) is 18.4 Å². The van der Waals surface area contributed by atoms with Crippen molar-refractivity contribution >= 4 is 16.5 Å². The third kappa shape index (κ3) is 5.41. The Morgan fingerprint density at radius 2 is 1.94 bits per heavy atom. The highest BCUT2D eigenvalue weighted by atomic mass is 32.3. The van der Waals surface area contributed by atoms with E-state index in [1.165, 1.54) is 0 Å². The molecule has 7 heteroatoms. The minimum absolute atomic E-state index is 0.123. The Balaban J connectivity index is 2.60. The number of hydrogen-bond acceptors (Lipinski definition) is 4. The molecule has 1 N–H and O–H groups in total. The second-order valence-electron chi connectivity index (χ2n) is 3.34. The van der Waals surface area contributed by atoms with Gasteiger partial charge >= 0.3 is 16.5 Å². The van der Waals surface area contributed by atoms with Crippen LogP contribution in [0.4, 0.5) is 3.89 Å². The Labute approximate surface area is 98.3 Å². The van der Waals surface area contributed by atoms with E-state index in [4.69, 9.17) is 5.11 Å². The van der Waals surface area contributed by atoms with Crippen molar-refractivity contribution in [2.45, 2.75) is 18.9 Å². The summed E-state index contributed by atoms with van der Waals surface area (Å²) in [5, 5.41) is 8.66. The molecule has 0 aliphatic carbocycles. The predicted octanol–water partition coefficient (Wildman–Crippen LogP) is 1.30. The van der Waals surface area contributed by atoms with Crippen molar-refractivity contribution in [1.29, 1.82) is 0 Å². The fraction of sp³-hybridized carbons (Fsp3) is 0.300. The van der Waals surface area contributed by atoms with E-state index in [1.54, 1.807) is 30.3 Å². The molecule has 1 rings (SSSR count). The van der Waals surface area contributed by atoms with Crippen LogP contribution in [-0.4, -0.2) is 25.6 Å². The number of carboxylic acid groups (broad SMARTS) is 1. The van der Waals surface area contributed by atoms with Gasteiger partial charge in [-0.15, -0.1) is 0 Å². The molecule has 17 heavy (non-hydrogen) atoms. The first-order chi connectivity index (χ1) is 7.88. The second-order valence-corrected chi connectivity index (χ2v) is 4.32. The van der Waals surface area contributed by atoms with Gasteiger partial charge in [0.2, 0.25) is 0 Å². The van der Waals surface area contributed by atoms with Crippen molar-refractivity contribution in [3.8, 4) is 0 Å². The van der Waals surface area contributed by atoms with Gasteiger partial charge in [0.1, 0.15) is 0 Å². The van der Waals surface area contributed by atoms with Crippen molar-refractivity contribution in [3.05, 3.63) is 35.9 Å². The summed E-state index contributed by atoms with van der Waals surface area (Å²) >= 11 is 0. The molecule has 0 aliphatic heterocycles. The lowest BCUT2D eigenvalue weighted by Gasteiger charge is -2.09. The van der Waals surface area contributed by atoms with E-state index >= 15 is 0 Å². The maximum Gasteiger partial charge on any atom is 0.438 e. The molecular formula is C10H11FO5S. The van der Waals surface area contributed by atoms with Crippen LogP contribution in [0.25, 0.3) is 0 Å². The topological polar surface area (TPSA) is 80.7 Å². The molecule has 0 heterocycles. The molecule has 94 valence electrons. The molecule has 1 aromatic rings. The normalized spacial score (nSPS) is 13.2. The Kier molecular flexibility index (Phi) is 4.59. The third-order valence-corrected chi connectivity index (χ3v) is 2.51. The van der Waals surface area contributed by atoms with E-state index in [1.807, 2.05) is 0 Å². The smallest absolute Gasteiger partial charge is 0.438 e. The Morgan fingerprint density at radius 3 is 2.41 bits per heavy atom. The van der Waals surface area contributed by atoms with Crippen LogP contribution < -0.4 is 0 Å². The Hall–Kier alpha value is -1.47. The first-order valence-corrected chi connectivity index (χ1v) is 6.09. The molecule has 0 radical (unpaired) electrons. The van der Waals surface area contributed by atoms with Gasteiger partial charge in [0.25, 0.3) is 0 Å².